The molecule has 0 unspecified atom stereocenters. The third-order valence-corrected chi connectivity index (χ3v) is 6.25. The largest absolute Gasteiger partial charge is 0.484 e. The Balaban J connectivity index is 1.39. The van der Waals surface area contributed by atoms with Crippen LogP contribution in [0.15, 0.2) is 36.5 Å². The highest BCUT2D eigenvalue weighted by Crippen LogP contribution is 2.28. The predicted octanol–water partition coefficient (Wildman–Crippen LogP) is 3.74. The highest BCUT2D eigenvalue weighted by molar-refractivity contribution is 5.96. The number of rotatable bonds is 7. The molecule has 5 rings (SSSR count). The van der Waals surface area contributed by atoms with E-state index >= 15 is 0 Å². The number of hydrogen-bond donors (Lipinski definition) is 2. The molecule has 1 aromatic carbocycles. The summed E-state index contributed by atoms with van der Waals surface area (Å²) in [6.45, 7) is 5.55. The number of carbonyl (C=O) groups excluding carboxylic acids is 2. The first-order valence-corrected chi connectivity index (χ1v) is 12.3. The van der Waals surface area contributed by atoms with Crippen LogP contribution in [0.4, 0.5) is 14.6 Å². The Bertz CT molecular complexity index is 1580. The number of ether oxygens (including phenoxy) is 2. The number of imidazole rings is 1. The lowest BCUT2D eigenvalue weighted by molar-refractivity contribution is -0.114. The van der Waals surface area contributed by atoms with Gasteiger partial charge in [0.1, 0.15) is 11.9 Å². The van der Waals surface area contributed by atoms with E-state index in [9.17, 15) is 18.4 Å². The van der Waals surface area contributed by atoms with E-state index in [1.54, 1.807) is 38.2 Å². The second-order valence-corrected chi connectivity index (χ2v) is 9.24. The number of hydrogen-bond acceptors (Lipinski definition) is 7. The first kappa shape index (κ1) is 26.2. The lowest BCUT2D eigenvalue weighted by Gasteiger charge is -2.17. The van der Waals surface area contributed by atoms with Gasteiger partial charge in [0.15, 0.2) is 23.0 Å². The number of anilines is 1. The minimum Gasteiger partial charge on any atom is -0.484 e. The summed E-state index contributed by atoms with van der Waals surface area (Å²) in [4.78, 5) is 33.4. The van der Waals surface area contributed by atoms with E-state index < -0.39 is 17.5 Å². The summed E-state index contributed by atoms with van der Waals surface area (Å²) in [5.41, 5.74) is 3.27. The number of nitrogens with zero attached hydrogens (tertiary/aromatic N) is 4. The van der Waals surface area contributed by atoms with Crippen LogP contribution in [0.1, 0.15) is 40.7 Å². The summed E-state index contributed by atoms with van der Waals surface area (Å²) >= 11 is 0. The van der Waals surface area contributed by atoms with Gasteiger partial charge in [-0.3, -0.25) is 14.6 Å². The molecule has 2 amide bonds. The molecule has 0 aliphatic carbocycles. The van der Waals surface area contributed by atoms with E-state index in [0.29, 0.717) is 53.7 Å². The highest BCUT2D eigenvalue weighted by Gasteiger charge is 2.23. The monoisotopic (exact) mass is 536 g/mol. The van der Waals surface area contributed by atoms with E-state index in [-0.39, 0.29) is 35.4 Å². The minimum atomic E-state index is -0.843. The predicted molar refractivity (Wildman–Crippen MR) is 137 cm³/mol. The van der Waals surface area contributed by atoms with Gasteiger partial charge in [-0.15, -0.1) is 0 Å². The maximum atomic E-state index is 14.6. The number of pyridine rings is 1. The molecule has 1 fully saturated rings. The maximum Gasteiger partial charge on any atom is 0.253 e. The van der Waals surface area contributed by atoms with Gasteiger partial charge in [0.2, 0.25) is 5.91 Å². The molecule has 4 heterocycles. The van der Waals surface area contributed by atoms with Crippen molar-refractivity contribution in [1.29, 1.82) is 0 Å². The van der Waals surface area contributed by atoms with Crippen molar-refractivity contribution in [3.05, 3.63) is 70.7 Å². The van der Waals surface area contributed by atoms with Crippen molar-refractivity contribution in [2.45, 2.75) is 39.8 Å². The molecule has 0 bridgehead atoms. The fourth-order valence-corrected chi connectivity index (χ4v) is 4.40. The zero-order valence-corrected chi connectivity index (χ0v) is 21.5. The molecule has 12 heteroatoms. The summed E-state index contributed by atoms with van der Waals surface area (Å²) in [6.07, 6.45) is 1.83. The van der Waals surface area contributed by atoms with Gasteiger partial charge in [0.25, 0.3) is 5.91 Å². The third-order valence-electron chi connectivity index (χ3n) is 6.25. The van der Waals surface area contributed by atoms with E-state index in [4.69, 9.17) is 9.47 Å². The van der Waals surface area contributed by atoms with Crippen molar-refractivity contribution in [1.82, 2.24) is 24.9 Å². The van der Waals surface area contributed by atoms with Gasteiger partial charge in [-0.1, -0.05) is 0 Å². The second-order valence-electron chi connectivity index (χ2n) is 9.24. The number of fused-ring (bicyclic) bond motifs is 1. The Morgan fingerprint density at radius 3 is 2.72 bits per heavy atom. The molecule has 0 radical (unpaired) electrons. The minimum absolute atomic E-state index is 0.108. The van der Waals surface area contributed by atoms with Crippen LogP contribution in [0.3, 0.4) is 0 Å². The molecule has 10 nitrogen and oxygen atoms in total. The molecule has 1 saturated heterocycles. The van der Waals surface area contributed by atoms with Crippen molar-refractivity contribution in [2.24, 2.45) is 0 Å². The van der Waals surface area contributed by atoms with Gasteiger partial charge in [-0.25, -0.2) is 18.3 Å². The van der Waals surface area contributed by atoms with E-state index in [1.165, 1.54) is 11.4 Å². The first-order chi connectivity index (χ1) is 18.7. The van der Waals surface area contributed by atoms with Crippen LogP contribution in [0.2, 0.25) is 0 Å². The summed E-state index contributed by atoms with van der Waals surface area (Å²) in [7, 11) is 0. The number of amides is 2. The van der Waals surface area contributed by atoms with Crippen LogP contribution < -0.4 is 15.4 Å². The van der Waals surface area contributed by atoms with Crippen LogP contribution in [0.25, 0.3) is 16.9 Å². The summed E-state index contributed by atoms with van der Waals surface area (Å²) < 4.78 is 41.1. The lowest BCUT2D eigenvalue weighted by atomic mass is 10.0. The second kappa shape index (κ2) is 10.7. The Hall–Kier alpha value is -4.45. The van der Waals surface area contributed by atoms with E-state index in [0.717, 1.165) is 12.1 Å². The van der Waals surface area contributed by atoms with E-state index in [2.05, 4.69) is 25.7 Å². The number of nitrogens with one attached hydrogen (secondary N) is 2. The molecule has 3 aromatic heterocycles. The molecule has 1 atom stereocenters. The summed E-state index contributed by atoms with van der Waals surface area (Å²) in [5, 5.41) is 9.90. The number of halogens is 2. The quantitative estimate of drug-likeness (QED) is 0.369. The molecule has 0 saturated carbocycles. The maximum absolute atomic E-state index is 14.6. The normalized spacial score (nSPS) is 14.9. The SMILES string of the molecule is CC(=O)Nc1cn2nc(-c3cc(C(=O)NCc4cc(F)cc(F)c4O[C@@H]4CCOC4)c(C)nc3C)ccc2n1. The number of benzene rings is 1. The molecular formula is C27H26F2N6O4. The van der Waals surface area contributed by atoms with Crippen molar-refractivity contribution in [3.63, 3.8) is 0 Å². The van der Waals surface area contributed by atoms with E-state index in [1.807, 2.05) is 0 Å². The third kappa shape index (κ3) is 5.70. The van der Waals surface area contributed by atoms with Crippen LogP contribution in [0, 0.1) is 25.5 Å². The topological polar surface area (TPSA) is 120 Å². The average molecular weight is 537 g/mol. The van der Waals surface area contributed by atoms with Crippen molar-refractivity contribution in [3.8, 4) is 17.0 Å². The Morgan fingerprint density at radius 1 is 1.15 bits per heavy atom. The van der Waals surface area contributed by atoms with Crippen LogP contribution in [-0.2, 0) is 16.1 Å². The van der Waals surface area contributed by atoms with Crippen LogP contribution in [0.5, 0.6) is 5.75 Å². The molecule has 2 N–H and O–H groups in total. The van der Waals surface area contributed by atoms with Crippen LogP contribution >= 0.6 is 0 Å². The van der Waals surface area contributed by atoms with Gasteiger partial charge in [0, 0.05) is 42.8 Å². The van der Waals surface area contributed by atoms with Gasteiger partial charge < -0.3 is 20.1 Å². The number of aromatic nitrogens is 4. The molecule has 1 aliphatic heterocycles. The lowest BCUT2D eigenvalue weighted by Crippen LogP contribution is -2.25. The molecule has 4 aromatic rings. The highest BCUT2D eigenvalue weighted by atomic mass is 19.1. The Morgan fingerprint density at radius 2 is 1.97 bits per heavy atom. The van der Waals surface area contributed by atoms with Gasteiger partial charge in [-0.05, 0) is 38.1 Å². The average Bonchev–Trinajstić information content (AvgIpc) is 3.53. The summed E-state index contributed by atoms with van der Waals surface area (Å²) in [6, 6.07) is 7.04. The van der Waals surface area contributed by atoms with Crippen molar-refractivity contribution >= 4 is 23.3 Å². The number of carbonyl (C=O) groups is 2. The smallest absolute Gasteiger partial charge is 0.253 e. The zero-order valence-electron chi connectivity index (χ0n) is 21.5. The Labute approximate surface area is 222 Å². The fourth-order valence-electron chi connectivity index (χ4n) is 4.40. The van der Waals surface area contributed by atoms with Crippen molar-refractivity contribution < 1.29 is 27.8 Å². The Kier molecular flexibility index (Phi) is 7.20. The molecule has 39 heavy (non-hydrogen) atoms. The van der Waals surface area contributed by atoms with Gasteiger partial charge in [0.05, 0.1) is 36.4 Å². The summed E-state index contributed by atoms with van der Waals surface area (Å²) in [5.74, 6) is -2.08. The van der Waals surface area contributed by atoms with Gasteiger partial charge in [-0.2, -0.15) is 5.10 Å². The molecule has 1 aliphatic rings. The standard InChI is InChI=1S/C27H26F2N6O4/c1-14-20(23-4-5-25-33-24(32-16(3)36)12-35(25)34-23)10-21(15(2)31-14)27(37)30-11-17-8-18(28)9-22(29)26(17)39-19-6-7-38-13-19/h4-5,8-10,12,19H,6-7,11,13H2,1-3H3,(H,30,37)(H,32,36)/t19-/m1/s1. The van der Waals surface area contributed by atoms with Crippen molar-refractivity contribution in [2.75, 3.05) is 18.5 Å². The molecular weight excluding hydrogens is 510 g/mol. The zero-order chi connectivity index (χ0) is 27.7. The van der Waals surface area contributed by atoms with Crippen LogP contribution in [-0.4, -0.2) is 50.7 Å². The number of aryl methyl sites for hydroxylation is 2. The molecule has 202 valence electrons. The fraction of sp³-hybridized carbons (Fsp3) is 0.296. The molecule has 0 spiro atoms. The first-order valence-electron chi connectivity index (χ1n) is 12.3. The van der Waals surface area contributed by atoms with Gasteiger partial charge >= 0.3 is 0 Å².